The molecule has 1 aliphatic rings. The second-order valence-electron chi connectivity index (χ2n) is 6.49. The van der Waals surface area contributed by atoms with Gasteiger partial charge in [0.15, 0.2) is 0 Å². The van der Waals surface area contributed by atoms with E-state index in [2.05, 4.69) is 31.9 Å². The molecule has 0 radical (unpaired) electrons. The van der Waals surface area contributed by atoms with E-state index in [4.69, 9.17) is 0 Å². The van der Waals surface area contributed by atoms with Crippen LogP contribution in [-0.2, 0) is 21.4 Å². The molecule has 1 amide bonds. The molecule has 0 aromatic heterocycles. The van der Waals surface area contributed by atoms with Gasteiger partial charge in [-0.1, -0.05) is 68.3 Å². The number of sulfonamides is 1. The van der Waals surface area contributed by atoms with E-state index in [1.807, 2.05) is 48.5 Å². The molecular weight excluding hydrogens is 506 g/mol. The number of fused-ring (bicyclic) bond motifs is 1. The van der Waals surface area contributed by atoms with Crippen LogP contribution in [0, 0.1) is 0 Å². The van der Waals surface area contributed by atoms with Crippen LogP contribution in [0.4, 0.5) is 0 Å². The third-order valence-electron chi connectivity index (χ3n) is 4.78. The van der Waals surface area contributed by atoms with Crippen LogP contribution in [0.2, 0.25) is 0 Å². The Morgan fingerprint density at radius 1 is 0.821 bits per heavy atom. The summed E-state index contributed by atoms with van der Waals surface area (Å²) in [5.74, 6) is -1.10. The van der Waals surface area contributed by atoms with Crippen LogP contribution in [0.3, 0.4) is 0 Å². The van der Waals surface area contributed by atoms with E-state index in [-0.39, 0.29) is 11.4 Å². The van der Waals surface area contributed by atoms with Gasteiger partial charge in [0.25, 0.3) is 10.0 Å². The molecule has 3 aromatic carbocycles. The average molecular weight is 521 g/mol. The molecule has 1 heterocycles. The molecule has 4 rings (SSSR count). The van der Waals surface area contributed by atoms with Crippen molar-refractivity contribution in [1.29, 1.82) is 0 Å². The molecule has 142 valence electrons. The Morgan fingerprint density at radius 2 is 1.39 bits per heavy atom. The minimum Gasteiger partial charge on any atom is -0.273 e. The van der Waals surface area contributed by atoms with Crippen LogP contribution in [-0.4, -0.2) is 18.6 Å². The Labute approximate surface area is 180 Å². The zero-order chi connectivity index (χ0) is 19.9. The van der Waals surface area contributed by atoms with E-state index >= 15 is 0 Å². The number of hydrogen-bond donors (Lipinski definition) is 0. The SMILES string of the molecule is O=C1C(c2ccc(Br)cc2)c2ccccc2CN1S(=O)(=O)c1ccc(Br)cc1. The van der Waals surface area contributed by atoms with E-state index in [9.17, 15) is 13.2 Å². The molecule has 1 unspecified atom stereocenters. The van der Waals surface area contributed by atoms with Crippen molar-refractivity contribution in [3.63, 3.8) is 0 Å². The highest BCUT2D eigenvalue weighted by atomic mass is 79.9. The molecule has 0 bridgehead atoms. The summed E-state index contributed by atoms with van der Waals surface area (Å²) in [5.41, 5.74) is 2.43. The second kappa shape index (κ2) is 7.46. The summed E-state index contributed by atoms with van der Waals surface area (Å²) in [6, 6.07) is 21.2. The van der Waals surface area contributed by atoms with Gasteiger partial charge in [0.2, 0.25) is 5.91 Å². The number of halogens is 2. The standard InChI is InChI=1S/C21H15Br2NO3S/c22-16-7-5-14(6-8-16)20-19-4-2-1-3-15(19)13-24(21(20)25)28(26,27)18-11-9-17(23)10-12-18/h1-12,20H,13H2. The maximum atomic E-state index is 13.4. The molecule has 1 aliphatic heterocycles. The molecule has 0 saturated heterocycles. The predicted octanol–water partition coefficient (Wildman–Crippen LogP) is 5.07. The molecule has 28 heavy (non-hydrogen) atoms. The number of nitrogens with zero attached hydrogens (tertiary/aromatic N) is 1. The first-order chi connectivity index (χ1) is 13.4. The molecule has 4 nitrogen and oxygen atoms in total. The molecule has 0 fully saturated rings. The summed E-state index contributed by atoms with van der Waals surface area (Å²) >= 11 is 6.71. The van der Waals surface area contributed by atoms with Gasteiger partial charge in [-0.15, -0.1) is 0 Å². The van der Waals surface area contributed by atoms with E-state index in [0.29, 0.717) is 0 Å². The minimum atomic E-state index is -3.97. The van der Waals surface area contributed by atoms with Crippen LogP contribution in [0.15, 0.2) is 86.6 Å². The van der Waals surface area contributed by atoms with Crippen molar-refractivity contribution >= 4 is 47.8 Å². The number of amides is 1. The fourth-order valence-electron chi connectivity index (χ4n) is 3.38. The highest BCUT2D eigenvalue weighted by Gasteiger charge is 2.40. The van der Waals surface area contributed by atoms with Gasteiger partial charge in [-0.3, -0.25) is 4.79 Å². The summed E-state index contributed by atoms with van der Waals surface area (Å²) < 4.78 is 29.1. The molecule has 0 saturated carbocycles. The molecule has 3 aromatic rings. The molecule has 0 N–H and O–H groups in total. The lowest BCUT2D eigenvalue weighted by Crippen LogP contribution is -2.43. The number of rotatable bonds is 3. The van der Waals surface area contributed by atoms with Gasteiger partial charge in [0.05, 0.1) is 17.4 Å². The maximum absolute atomic E-state index is 13.4. The van der Waals surface area contributed by atoms with E-state index < -0.39 is 21.8 Å². The Kier molecular flexibility index (Phi) is 5.16. The van der Waals surface area contributed by atoms with Crippen molar-refractivity contribution in [2.75, 3.05) is 0 Å². The number of benzene rings is 3. The molecular formula is C21H15Br2NO3S. The number of carbonyl (C=O) groups is 1. The molecule has 1 atom stereocenters. The number of hydrogen-bond acceptors (Lipinski definition) is 3. The van der Waals surface area contributed by atoms with Crippen LogP contribution >= 0.6 is 31.9 Å². The summed E-state index contributed by atoms with van der Waals surface area (Å²) in [7, 11) is -3.97. The Bertz CT molecular complexity index is 1140. The van der Waals surface area contributed by atoms with Crippen molar-refractivity contribution in [3.8, 4) is 0 Å². The van der Waals surface area contributed by atoms with Gasteiger partial charge in [-0.25, -0.2) is 12.7 Å². The first-order valence-corrected chi connectivity index (χ1v) is 11.6. The quantitative estimate of drug-likeness (QED) is 0.484. The van der Waals surface area contributed by atoms with Gasteiger partial charge in [-0.2, -0.15) is 0 Å². The number of carbonyl (C=O) groups excluding carboxylic acids is 1. The van der Waals surface area contributed by atoms with Gasteiger partial charge >= 0.3 is 0 Å². The third kappa shape index (κ3) is 3.43. The highest BCUT2D eigenvalue weighted by molar-refractivity contribution is 9.10. The first-order valence-electron chi connectivity index (χ1n) is 8.53. The second-order valence-corrected chi connectivity index (χ2v) is 10.2. The lowest BCUT2D eigenvalue weighted by atomic mass is 9.85. The third-order valence-corrected chi connectivity index (χ3v) is 7.59. The van der Waals surface area contributed by atoms with Crippen molar-refractivity contribution < 1.29 is 13.2 Å². The van der Waals surface area contributed by atoms with E-state index in [0.717, 1.165) is 29.9 Å². The summed E-state index contributed by atoms with van der Waals surface area (Å²) in [5, 5.41) is 0. The van der Waals surface area contributed by atoms with E-state index in [1.54, 1.807) is 12.1 Å². The first kappa shape index (κ1) is 19.4. The molecule has 0 aliphatic carbocycles. The lowest BCUT2D eigenvalue weighted by molar-refractivity contribution is -0.128. The highest BCUT2D eigenvalue weighted by Crippen LogP contribution is 2.37. The molecule has 0 spiro atoms. The smallest absolute Gasteiger partial charge is 0.266 e. The summed E-state index contributed by atoms with van der Waals surface area (Å²) in [6.45, 7) is 0.0282. The lowest BCUT2D eigenvalue weighted by Gasteiger charge is -2.33. The van der Waals surface area contributed by atoms with Gasteiger partial charge in [-0.05, 0) is 53.1 Å². The topological polar surface area (TPSA) is 54.5 Å². The average Bonchev–Trinajstić information content (AvgIpc) is 2.69. The summed E-state index contributed by atoms with van der Waals surface area (Å²) in [4.78, 5) is 13.5. The fraction of sp³-hybridized carbons (Fsp3) is 0.0952. The minimum absolute atomic E-state index is 0.0282. The fourth-order valence-corrected chi connectivity index (χ4v) is 5.30. The van der Waals surface area contributed by atoms with Crippen LogP contribution in [0.1, 0.15) is 22.6 Å². The molecule has 7 heteroatoms. The van der Waals surface area contributed by atoms with Crippen LogP contribution in [0.5, 0.6) is 0 Å². The van der Waals surface area contributed by atoms with Crippen LogP contribution in [0.25, 0.3) is 0 Å². The normalized spacial score (nSPS) is 16.7. The van der Waals surface area contributed by atoms with Crippen molar-refractivity contribution in [2.45, 2.75) is 17.4 Å². The van der Waals surface area contributed by atoms with Gasteiger partial charge < -0.3 is 0 Å². The maximum Gasteiger partial charge on any atom is 0.266 e. The monoisotopic (exact) mass is 519 g/mol. The van der Waals surface area contributed by atoms with Crippen LogP contribution < -0.4 is 0 Å². The predicted molar refractivity (Wildman–Crippen MR) is 114 cm³/mol. The zero-order valence-electron chi connectivity index (χ0n) is 14.5. The van der Waals surface area contributed by atoms with E-state index in [1.165, 1.54) is 12.1 Å². The van der Waals surface area contributed by atoms with Crippen molar-refractivity contribution in [1.82, 2.24) is 4.31 Å². The zero-order valence-corrected chi connectivity index (χ0v) is 18.5. The Balaban J connectivity index is 1.84. The largest absolute Gasteiger partial charge is 0.273 e. The van der Waals surface area contributed by atoms with Crippen molar-refractivity contribution in [3.05, 3.63) is 98.4 Å². The van der Waals surface area contributed by atoms with Crippen molar-refractivity contribution in [2.24, 2.45) is 0 Å². The summed E-state index contributed by atoms with van der Waals surface area (Å²) in [6.07, 6.45) is 0. The Hall–Kier alpha value is -1.96. The van der Waals surface area contributed by atoms with Gasteiger partial charge in [0, 0.05) is 8.95 Å². The van der Waals surface area contributed by atoms with Gasteiger partial charge in [0.1, 0.15) is 0 Å². The Morgan fingerprint density at radius 3 is 2.04 bits per heavy atom.